The van der Waals surface area contributed by atoms with Crippen LogP contribution in [-0.4, -0.2) is 37.0 Å². The molecular formula is C17H23BN2O3S. The summed E-state index contributed by atoms with van der Waals surface area (Å²) in [5.74, 6) is 0.826. The van der Waals surface area contributed by atoms with Crippen molar-refractivity contribution in [3.8, 4) is 5.75 Å². The van der Waals surface area contributed by atoms with Gasteiger partial charge in [0.1, 0.15) is 10.8 Å². The SMILES string of the molecule is COc1ccc2nc(C=C(CN)B3OC(C)(C)C(C)(C)O3)sc2c1. The van der Waals surface area contributed by atoms with Crippen LogP contribution < -0.4 is 10.5 Å². The summed E-state index contributed by atoms with van der Waals surface area (Å²) in [7, 11) is 1.22. The van der Waals surface area contributed by atoms with Crippen molar-refractivity contribution < 1.29 is 14.0 Å². The second-order valence-electron chi connectivity index (χ2n) is 6.90. The van der Waals surface area contributed by atoms with Crippen molar-refractivity contribution in [2.45, 2.75) is 38.9 Å². The predicted octanol–water partition coefficient (Wildman–Crippen LogP) is 3.28. The third-order valence-corrected chi connectivity index (χ3v) is 5.68. The van der Waals surface area contributed by atoms with Crippen molar-refractivity contribution in [2.75, 3.05) is 13.7 Å². The van der Waals surface area contributed by atoms with E-state index < -0.39 is 7.12 Å². The van der Waals surface area contributed by atoms with Gasteiger partial charge in [-0.1, -0.05) is 0 Å². The number of nitrogens with zero attached hydrogens (tertiary/aromatic N) is 1. The summed E-state index contributed by atoms with van der Waals surface area (Å²) in [6, 6.07) is 5.85. The highest BCUT2D eigenvalue weighted by molar-refractivity contribution is 7.19. The van der Waals surface area contributed by atoms with Gasteiger partial charge in [0.05, 0.1) is 28.5 Å². The minimum atomic E-state index is -0.443. The zero-order valence-corrected chi connectivity index (χ0v) is 15.6. The molecule has 0 saturated carbocycles. The molecule has 1 fully saturated rings. The van der Waals surface area contributed by atoms with E-state index in [-0.39, 0.29) is 11.2 Å². The minimum Gasteiger partial charge on any atom is -0.497 e. The Balaban J connectivity index is 1.91. The number of hydrogen-bond acceptors (Lipinski definition) is 6. The zero-order chi connectivity index (χ0) is 17.5. The molecule has 2 heterocycles. The summed E-state index contributed by atoms with van der Waals surface area (Å²) in [6.45, 7) is 8.49. The van der Waals surface area contributed by atoms with Crippen LogP contribution in [-0.2, 0) is 9.31 Å². The molecule has 3 rings (SSSR count). The lowest BCUT2D eigenvalue weighted by atomic mass is 9.78. The van der Waals surface area contributed by atoms with Gasteiger partial charge in [-0.05, 0) is 57.4 Å². The van der Waals surface area contributed by atoms with Gasteiger partial charge >= 0.3 is 7.12 Å². The molecule has 7 heteroatoms. The van der Waals surface area contributed by atoms with Crippen molar-refractivity contribution in [1.82, 2.24) is 4.98 Å². The lowest BCUT2D eigenvalue weighted by Crippen LogP contribution is -2.41. The number of fused-ring (bicyclic) bond motifs is 1. The number of methoxy groups -OCH3 is 1. The first-order valence-corrected chi connectivity index (χ1v) is 8.78. The molecule has 1 aliphatic heterocycles. The van der Waals surface area contributed by atoms with Crippen molar-refractivity contribution in [1.29, 1.82) is 0 Å². The number of nitrogens with two attached hydrogens (primary N) is 1. The molecule has 1 aromatic carbocycles. The predicted molar refractivity (Wildman–Crippen MR) is 99.3 cm³/mol. The molecule has 24 heavy (non-hydrogen) atoms. The van der Waals surface area contributed by atoms with Gasteiger partial charge in [0.15, 0.2) is 0 Å². The van der Waals surface area contributed by atoms with Gasteiger partial charge in [-0.3, -0.25) is 0 Å². The van der Waals surface area contributed by atoms with Gasteiger partial charge in [0.2, 0.25) is 0 Å². The fourth-order valence-corrected chi connectivity index (χ4v) is 3.46. The highest BCUT2D eigenvalue weighted by Crippen LogP contribution is 2.39. The van der Waals surface area contributed by atoms with Gasteiger partial charge in [-0.15, -0.1) is 11.3 Å². The molecule has 2 N–H and O–H groups in total. The molecule has 5 nitrogen and oxygen atoms in total. The topological polar surface area (TPSA) is 66.6 Å². The summed E-state index contributed by atoms with van der Waals surface area (Å²) in [4.78, 5) is 4.64. The number of hydrogen-bond donors (Lipinski definition) is 1. The Morgan fingerprint density at radius 3 is 2.54 bits per heavy atom. The zero-order valence-electron chi connectivity index (χ0n) is 14.8. The fourth-order valence-electron chi connectivity index (χ4n) is 2.49. The maximum Gasteiger partial charge on any atom is 0.491 e. The van der Waals surface area contributed by atoms with Crippen LogP contribution in [0.1, 0.15) is 32.7 Å². The summed E-state index contributed by atoms with van der Waals surface area (Å²) in [5, 5.41) is 0.883. The standard InChI is InChI=1S/C17H23BN2O3S/c1-16(2)17(3,4)23-18(22-16)11(10-19)8-15-20-13-7-6-12(21-5)9-14(13)24-15/h6-9H,10,19H2,1-5H3. The van der Waals surface area contributed by atoms with Crippen LogP contribution in [0.4, 0.5) is 0 Å². The van der Waals surface area contributed by atoms with Crippen LogP contribution >= 0.6 is 11.3 Å². The van der Waals surface area contributed by atoms with E-state index in [0.29, 0.717) is 6.54 Å². The average Bonchev–Trinajstić information content (AvgIpc) is 3.01. The first-order valence-electron chi connectivity index (χ1n) is 7.96. The van der Waals surface area contributed by atoms with Crippen LogP contribution in [0.25, 0.3) is 16.3 Å². The monoisotopic (exact) mass is 346 g/mol. The molecule has 1 aliphatic rings. The maximum absolute atomic E-state index is 6.09. The molecule has 0 amide bonds. The van der Waals surface area contributed by atoms with Crippen LogP contribution in [0.3, 0.4) is 0 Å². The normalized spacial score (nSPS) is 19.9. The van der Waals surface area contributed by atoms with Gasteiger partial charge < -0.3 is 19.8 Å². The van der Waals surface area contributed by atoms with Crippen molar-refractivity contribution in [2.24, 2.45) is 5.73 Å². The summed E-state index contributed by atoms with van der Waals surface area (Å²) in [5.41, 5.74) is 7.01. The highest BCUT2D eigenvalue weighted by Gasteiger charge is 2.52. The molecule has 1 aromatic heterocycles. The summed E-state index contributed by atoms with van der Waals surface area (Å²) >= 11 is 1.59. The Morgan fingerprint density at radius 1 is 1.29 bits per heavy atom. The smallest absolute Gasteiger partial charge is 0.491 e. The summed E-state index contributed by atoms with van der Waals surface area (Å²) < 4.78 is 18.5. The van der Waals surface area contributed by atoms with Crippen LogP contribution in [0.15, 0.2) is 23.7 Å². The maximum atomic E-state index is 6.09. The molecule has 0 aliphatic carbocycles. The van der Waals surface area contributed by atoms with Crippen molar-refractivity contribution >= 4 is 34.7 Å². The summed E-state index contributed by atoms with van der Waals surface area (Å²) in [6.07, 6.45) is 1.97. The van der Waals surface area contributed by atoms with E-state index >= 15 is 0 Å². The molecule has 0 bridgehead atoms. The van der Waals surface area contributed by atoms with E-state index in [0.717, 1.165) is 26.4 Å². The molecule has 0 atom stereocenters. The van der Waals surface area contributed by atoms with Gasteiger partial charge in [0.25, 0.3) is 0 Å². The number of rotatable bonds is 4. The molecule has 128 valence electrons. The highest BCUT2D eigenvalue weighted by atomic mass is 32.1. The average molecular weight is 346 g/mol. The van der Waals surface area contributed by atoms with Crippen molar-refractivity contribution in [3.05, 3.63) is 28.7 Å². The Bertz CT molecular complexity index is 769. The Kier molecular flexibility index (Phi) is 4.46. The van der Waals surface area contributed by atoms with Crippen LogP contribution in [0.5, 0.6) is 5.75 Å². The molecule has 0 spiro atoms. The first kappa shape index (κ1) is 17.4. The number of benzene rings is 1. The second-order valence-corrected chi connectivity index (χ2v) is 7.96. The van der Waals surface area contributed by atoms with Gasteiger partial charge in [-0.25, -0.2) is 4.98 Å². The van der Waals surface area contributed by atoms with Gasteiger partial charge in [-0.2, -0.15) is 0 Å². The minimum absolute atomic E-state index is 0.357. The van der Waals surface area contributed by atoms with Gasteiger partial charge in [0, 0.05) is 6.54 Å². The third-order valence-electron chi connectivity index (χ3n) is 4.71. The lowest BCUT2D eigenvalue weighted by molar-refractivity contribution is 0.00578. The van der Waals surface area contributed by atoms with Crippen LogP contribution in [0, 0.1) is 0 Å². The molecule has 2 aromatic rings. The number of ether oxygens (including phenoxy) is 1. The fraction of sp³-hybridized carbons (Fsp3) is 0.471. The molecule has 0 unspecified atom stereocenters. The number of aromatic nitrogens is 1. The first-order chi connectivity index (χ1) is 11.3. The Hall–Kier alpha value is -1.41. The largest absolute Gasteiger partial charge is 0.497 e. The molecule has 0 radical (unpaired) electrons. The van der Waals surface area contributed by atoms with E-state index in [9.17, 15) is 0 Å². The quantitative estimate of drug-likeness (QED) is 0.861. The van der Waals surface area contributed by atoms with E-state index in [4.69, 9.17) is 19.8 Å². The molecular weight excluding hydrogens is 323 g/mol. The number of thiazole rings is 1. The van der Waals surface area contributed by atoms with E-state index in [2.05, 4.69) is 4.98 Å². The van der Waals surface area contributed by atoms with E-state index in [1.165, 1.54) is 0 Å². The Labute approximate surface area is 147 Å². The Morgan fingerprint density at radius 2 is 1.96 bits per heavy atom. The third kappa shape index (κ3) is 3.09. The van der Waals surface area contributed by atoms with Crippen LogP contribution in [0.2, 0.25) is 0 Å². The van der Waals surface area contributed by atoms with Crippen molar-refractivity contribution in [3.63, 3.8) is 0 Å². The lowest BCUT2D eigenvalue weighted by Gasteiger charge is -2.32. The van der Waals surface area contributed by atoms with E-state index in [1.807, 2.05) is 52.0 Å². The molecule has 1 saturated heterocycles. The van der Waals surface area contributed by atoms with E-state index in [1.54, 1.807) is 18.4 Å². The second kappa shape index (κ2) is 6.15.